The monoisotopic (exact) mass is 270 g/mol. The van der Waals surface area contributed by atoms with Crippen molar-refractivity contribution < 1.29 is 13.0 Å². The fourth-order valence-corrected chi connectivity index (χ4v) is 2.17. The maximum absolute atomic E-state index is 11.0. The lowest BCUT2D eigenvalue weighted by atomic mass is 10.2. The van der Waals surface area contributed by atoms with Gasteiger partial charge in [0.15, 0.2) is 0 Å². The Bertz CT molecular complexity index is 497. The summed E-state index contributed by atoms with van der Waals surface area (Å²) >= 11 is 0. The van der Waals surface area contributed by atoms with Crippen LogP contribution in [0.4, 0.5) is 0 Å². The Balaban J connectivity index is 0.000000492. The van der Waals surface area contributed by atoms with Gasteiger partial charge in [-0.15, -0.1) is 0 Å². The van der Waals surface area contributed by atoms with Gasteiger partial charge in [-0.1, -0.05) is 50.6 Å². The van der Waals surface area contributed by atoms with Crippen LogP contribution in [0.5, 0.6) is 0 Å². The van der Waals surface area contributed by atoms with E-state index in [0.717, 1.165) is 4.31 Å². The highest BCUT2D eigenvalue weighted by Crippen LogP contribution is 2.13. The fourth-order valence-electron chi connectivity index (χ4n) is 1.48. The van der Waals surface area contributed by atoms with Crippen LogP contribution in [0, 0.1) is 0 Å². The zero-order valence-electron chi connectivity index (χ0n) is 10.6. The minimum atomic E-state index is -4.20. The first-order chi connectivity index (χ1) is 8.50. The van der Waals surface area contributed by atoms with Crippen LogP contribution in [-0.4, -0.2) is 36.2 Å². The summed E-state index contributed by atoms with van der Waals surface area (Å²) in [7, 11) is -4.20. The van der Waals surface area contributed by atoms with Crippen molar-refractivity contribution in [3.05, 3.63) is 35.9 Å². The molecule has 1 aromatic carbocycles. The summed E-state index contributed by atoms with van der Waals surface area (Å²) in [6.07, 6.45) is 1.25. The molecule has 100 valence electrons. The molecule has 0 amide bonds. The Morgan fingerprint density at radius 2 is 1.83 bits per heavy atom. The summed E-state index contributed by atoms with van der Waals surface area (Å²) in [5.41, 5.74) is 0.688. The summed E-state index contributed by atoms with van der Waals surface area (Å²) in [5.74, 6) is 0.304. The third kappa shape index (κ3) is 3.82. The van der Waals surface area contributed by atoms with Gasteiger partial charge in [-0.3, -0.25) is 9.55 Å². The molecule has 18 heavy (non-hydrogen) atoms. The molecule has 0 bridgehead atoms. The first-order valence-electron chi connectivity index (χ1n) is 5.85. The molecule has 1 aliphatic heterocycles. The van der Waals surface area contributed by atoms with Crippen LogP contribution in [-0.2, 0) is 10.3 Å². The summed E-state index contributed by atoms with van der Waals surface area (Å²) in [4.78, 5) is 4.06. The van der Waals surface area contributed by atoms with E-state index in [1.807, 2.05) is 6.07 Å². The van der Waals surface area contributed by atoms with E-state index < -0.39 is 10.3 Å². The molecule has 6 heteroatoms. The minimum Gasteiger partial charge on any atom is -0.269 e. The van der Waals surface area contributed by atoms with Crippen molar-refractivity contribution >= 4 is 16.1 Å². The summed E-state index contributed by atoms with van der Waals surface area (Å²) in [6.45, 7) is 4.83. The molecule has 0 atom stereocenters. The van der Waals surface area contributed by atoms with Gasteiger partial charge in [-0.05, 0) is 0 Å². The van der Waals surface area contributed by atoms with E-state index in [4.69, 9.17) is 4.55 Å². The van der Waals surface area contributed by atoms with Crippen LogP contribution in [0.2, 0.25) is 0 Å². The Hall–Kier alpha value is -1.40. The molecule has 0 saturated carbocycles. The van der Waals surface area contributed by atoms with Gasteiger partial charge in [-0.25, -0.2) is 4.31 Å². The molecule has 0 unspecified atom stereocenters. The maximum atomic E-state index is 11.0. The lowest BCUT2D eigenvalue weighted by Crippen LogP contribution is -2.34. The van der Waals surface area contributed by atoms with E-state index in [9.17, 15) is 8.42 Å². The second-order valence-corrected chi connectivity index (χ2v) is 5.16. The summed E-state index contributed by atoms with van der Waals surface area (Å²) in [5, 5.41) is 0. The highest BCUT2D eigenvalue weighted by atomic mass is 32.2. The summed E-state index contributed by atoms with van der Waals surface area (Å²) in [6, 6.07) is 8.91. The van der Waals surface area contributed by atoms with E-state index >= 15 is 0 Å². The van der Waals surface area contributed by atoms with E-state index in [1.165, 1.54) is 6.42 Å². The van der Waals surface area contributed by atoms with Crippen molar-refractivity contribution in [1.29, 1.82) is 0 Å². The number of nitrogens with zero attached hydrogens (tertiary/aromatic N) is 2. The average molecular weight is 270 g/mol. The highest BCUT2D eigenvalue weighted by molar-refractivity contribution is 7.84. The fraction of sp³-hybridized carbons (Fsp3) is 0.417. The van der Waals surface area contributed by atoms with Crippen LogP contribution in [0.3, 0.4) is 0 Å². The molecule has 0 radical (unpaired) electrons. The zero-order valence-corrected chi connectivity index (χ0v) is 11.4. The van der Waals surface area contributed by atoms with Crippen molar-refractivity contribution in [2.45, 2.75) is 20.3 Å². The number of hydrogen-bond acceptors (Lipinski definition) is 3. The van der Waals surface area contributed by atoms with E-state index in [-0.39, 0.29) is 6.54 Å². The first-order valence-corrected chi connectivity index (χ1v) is 7.25. The third-order valence-corrected chi connectivity index (χ3v) is 3.02. The lowest BCUT2D eigenvalue weighted by Gasteiger charge is -2.15. The predicted molar refractivity (Wildman–Crippen MR) is 72.1 cm³/mol. The average Bonchev–Trinajstić information content (AvgIpc) is 2.80. The molecule has 1 heterocycles. The Labute approximate surface area is 108 Å². The molecule has 0 aliphatic carbocycles. The van der Waals surface area contributed by atoms with Crippen molar-refractivity contribution in [3.63, 3.8) is 0 Å². The molecule has 0 fully saturated rings. The van der Waals surface area contributed by atoms with E-state index in [0.29, 0.717) is 17.9 Å². The van der Waals surface area contributed by atoms with Crippen molar-refractivity contribution in [2.24, 2.45) is 4.99 Å². The van der Waals surface area contributed by atoms with Gasteiger partial charge in [-0.2, -0.15) is 8.42 Å². The SMILES string of the molecule is CCC.O=S(=O)(O)N1CCN=C1c1ccccc1. The van der Waals surface area contributed by atoms with Crippen LogP contribution in [0.1, 0.15) is 25.8 Å². The topological polar surface area (TPSA) is 70.0 Å². The van der Waals surface area contributed by atoms with Crippen LogP contribution >= 0.6 is 0 Å². The Morgan fingerprint density at radius 1 is 1.28 bits per heavy atom. The third-order valence-electron chi connectivity index (χ3n) is 2.11. The second-order valence-electron chi connectivity index (χ2n) is 3.83. The smallest absolute Gasteiger partial charge is 0.269 e. The van der Waals surface area contributed by atoms with E-state index in [1.54, 1.807) is 24.3 Å². The molecule has 0 saturated heterocycles. The molecule has 1 aliphatic rings. The molecule has 1 N–H and O–H groups in total. The normalized spacial score (nSPS) is 14.8. The number of amidine groups is 1. The lowest BCUT2D eigenvalue weighted by molar-refractivity contribution is 0.430. The van der Waals surface area contributed by atoms with Crippen molar-refractivity contribution in [1.82, 2.24) is 4.31 Å². The van der Waals surface area contributed by atoms with Gasteiger partial charge in [0.2, 0.25) is 0 Å². The highest BCUT2D eigenvalue weighted by Gasteiger charge is 2.27. The van der Waals surface area contributed by atoms with Crippen LogP contribution in [0.25, 0.3) is 0 Å². The summed E-state index contributed by atoms with van der Waals surface area (Å²) < 4.78 is 31.9. The van der Waals surface area contributed by atoms with Gasteiger partial charge in [0, 0.05) is 5.56 Å². The molecule has 1 aromatic rings. The van der Waals surface area contributed by atoms with Gasteiger partial charge in [0.1, 0.15) is 5.84 Å². The van der Waals surface area contributed by atoms with Gasteiger partial charge in [0.05, 0.1) is 13.1 Å². The number of rotatable bonds is 2. The Morgan fingerprint density at radius 3 is 2.33 bits per heavy atom. The van der Waals surface area contributed by atoms with Crippen molar-refractivity contribution in [3.8, 4) is 0 Å². The van der Waals surface area contributed by atoms with Gasteiger partial charge < -0.3 is 0 Å². The molecule has 2 rings (SSSR count). The van der Waals surface area contributed by atoms with Gasteiger partial charge in [0.25, 0.3) is 0 Å². The quantitative estimate of drug-likeness (QED) is 0.835. The van der Waals surface area contributed by atoms with E-state index in [2.05, 4.69) is 18.8 Å². The van der Waals surface area contributed by atoms with Crippen molar-refractivity contribution in [2.75, 3.05) is 13.1 Å². The molecular formula is C12H18N2O3S. The maximum Gasteiger partial charge on any atom is 0.361 e. The second kappa shape index (κ2) is 6.51. The molecular weight excluding hydrogens is 252 g/mol. The minimum absolute atomic E-state index is 0.197. The molecule has 0 aromatic heterocycles. The predicted octanol–water partition coefficient (Wildman–Crippen LogP) is 1.97. The number of aliphatic imine (C=N–C) groups is 1. The van der Waals surface area contributed by atoms with Crippen LogP contribution in [0.15, 0.2) is 35.3 Å². The molecule has 5 nitrogen and oxygen atoms in total. The van der Waals surface area contributed by atoms with Gasteiger partial charge >= 0.3 is 10.3 Å². The number of benzene rings is 1. The standard InChI is InChI=1S/C9H10N2O3S.C3H8/c12-15(13,14)11-7-6-10-9(11)8-4-2-1-3-5-8;1-3-2/h1-5H,6-7H2,(H,12,13,14);3H2,1-2H3. The number of hydrogen-bond donors (Lipinski definition) is 1. The first kappa shape index (κ1) is 14.7. The largest absolute Gasteiger partial charge is 0.361 e. The van der Waals surface area contributed by atoms with Crippen LogP contribution < -0.4 is 0 Å². The zero-order chi connectivity index (χ0) is 13.6. The molecule has 0 spiro atoms. The Kier molecular flexibility index (Phi) is 5.30.